The van der Waals surface area contributed by atoms with E-state index >= 15 is 0 Å². The molecular weight excluding hydrogens is 476 g/mol. The third-order valence-electron chi connectivity index (χ3n) is 5.47. The maximum absolute atomic E-state index is 13.5. The van der Waals surface area contributed by atoms with Gasteiger partial charge < -0.3 is 14.8 Å². The second kappa shape index (κ2) is 11.9. The van der Waals surface area contributed by atoms with Crippen LogP contribution in [0, 0.1) is 0 Å². The molecule has 0 aliphatic rings. The molecule has 0 spiro atoms. The number of hydrogen-bond acceptors (Lipinski definition) is 5. The van der Waals surface area contributed by atoms with Crippen molar-refractivity contribution in [1.29, 1.82) is 0 Å². The molecule has 3 aromatic carbocycles. The number of carbonyl (C=O) groups is 1. The fourth-order valence-corrected chi connectivity index (χ4v) is 5.01. The Hall–Kier alpha value is -3.52. The number of amides is 1. The number of sulfonamides is 1. The van der Waals surface area contributed by atoms with Gasteiger partial charge in [0.1, 0.15) is 24.7 Å². The lowest BCUT2D eigenvalue weighted by Crippen LogP contribution is -2.42. The Labute approximate surface area is 214 Å². The van der Waals surface area contributed by atoms with Crippen LogP contribution < -0.4 is 19.1 Å². The van der Waals surface area contributed by atoms with Crippen LogP contribution in [-0.2, 0) is 20.2 Å². The highest BCUT2D eigenvalue weighted by molar-refractivity contribution is 7.92. The molecule has 0 unspecified atom stereocenters. The van der Waals surface area contributed by atoms with Crippen molar-refractivity contribution in [1.82, 2.24) is 5.32 Å². The van der Waals surface area contributed by atoms with Gasteiger partial charge in [-0.05, 0) is 54.3 Å². The molecule has 0 aromatic heterocycles. The topological polar surface area (TPSA) is 84.9 Å². The fraction of sp³-hybridized carbons (Fsp3) is 0.321. The van der Waals surface area contributed by atoms with E-state index in [1.54, 1.807) is 42.5 Å². The minimum atomic E-state index is -4.02. The van der Waals surface area contributed by atoms with Crippen molar-refractivity contribution in [2.24, 2.45) is 0 Å². The molecule has 0 aliphatic carbocycles. The van der Waals surface area contributed by atoms with Gasteiger partial charge in [0, 0.05) is 0 Å². The van der Waals surface area contributed by atoms with Crippen LogP contribution in [0.3, 0.4) is 0 Å². The number of anilines is 1. The van der Waals surface area contributed by atoms with Crippen LogP contribution in [0.4, 0.5) is 5.69 Å². The van der Waals surface area contributed by atoms with Crippen molar-refractivity contribution in [2.45, 2.75) is 38.0 Å². The lowest BCUT2D eigenvalue weighted by molar-refractivity contribution is -0.119. The zero-order chi connectivity index (χ0) is 26.2. The lowest BCUT2D eigenvalue weighted by atomic mass is 9.87. The van der Waals surface area contributed by atoms with E-state index in [2.05, 4.69) is 26.1 Å². The zero-order valence-corrected chi connectivity index (χ0v) is 22.0. The number of rotatable bonds is 11. The maximum Gasteiger partial charge on any atom is 0.264 e. The second-order valence-electron chi connectivity index (χ2n) is 9.20. The van der Waals surface area contributed by atoms with E-state index in [-0.39, 0.29) is 23.5 Å². The van der Waals surface area contributed by atoms with Crippen molar-refractivity contribution in [2.75, 3.05) is 30.6 Å². The van der Waals surface area contributed by atoms with Gasteiger partial charge in [-0.3, -0.25) is 9.10 Å². The molecule has 8 heteroatoms. The molecule has 1 amide bonds. The van der Waals surface area contributed by atoms with Gasteiger partial charge in [-0.2, -0.15) is 0 Å². The quantitative estimate of drug-likeness (QED) is 0.376. The van der Waals surface area contributed by atoms with Gasteiger partial charge in [-0.25, -0.2) is 8.42 Å². The van der Waals surface area contributed by atoms with Crippen LogP contribution in [0.1, 0.15) is 33.3 Å². The largest absolute Gasteiger partial charge is 0.492 e. The van der Waals surface area contributed by atoms with Crippen LogP contribution in [0.5, 0.6) is 11.5 Å². The van der Waals surface area contributed by atoms with E-state index in [4.69, 9.17) is 9.47 Å². The SMILES string of the molecule is CCOc1ccccc1N(CC(=O)NCCOc1ccc(C(C)(C)C)cc1)S(=O)(=O)c1ccccc1. The van der Waals surface area contributed by atoms with Crippen molar-refractivity contribution in [3.05, 3.63) is 84.4 Å². The van der Waals surface area contributed by atoms with E-state index in [1.165, 1.54) is 17.7 Å². The molecule has 7 nitrogen and oxygen atoms in total. The number of nitrogens with zero attached hydrogens (tertiary/aromatic N) is 1. The van der Waals surface area contributed by atoms with E-state index in [1.807, 2.05) is 31.2 Å². The summed E-state index contributed by atoms with van der Waals surface area (Å²) in [6.45, 7) is 8.69. The highest BCUT2D eigenvalue weighted by Gasteiger charge is 2.29. The smallest absolute Gasteiger partial charge is 0.264 e. The first-order valence-electron chi connectivity index (χ1n) is 11.9. The summed E-state index contributed by atoms with van der Waals surface area (Å²) in [5.41, 5.74) is 1.56. The molecule has 0 radical (unpaired) electrons. The molecule has 1 N–H and O–H groups in total. The number of carbonyl (C=O) groups excluding carboxylic acids is 1. The summed E-state index contributed by atoms with van der Waals surface area (Å²) < 4.78 is 39.5. The molecular formula is C28H34N2O5S. The molecule has 0 bridgehead atoms. The minimum Gasteiger partial charge on any atom is -0.492 e. The standard InChI is InChI=1S/C28H34N2O5S/c1-5-34-26-14-10-9-13-25(26)30(36(32,33)24-11-7-6-8-12-24)21-27(31)29-19-20-35-23-17-15-22(16-18-23)28(2,3)4/h6-18H,5,19-21H2,1-4H3,(H,29,31). The second-order valence-corrected chi connectivity index (χ2v) is 11.1. The number of nitrogens with one attached hydrogen (secondary N) is 1. The van der Waals surface area contributed by atoms with Gasteiger partial charge >= 0.3 is 0 Å². The normalized spacial score (nSPS) is 11.6. The van der Waals surface area contributed by atoms with Crippen molar-refractivity contribution in [3.63, 3.8) is 0 Å². The Morgan fingerprint density at radius 2 is 1.53 bits per heavy atom. The third kappa shape index (κ3) is 7.01. The fourth-order valence-electron chi connectivity index (χ4n) is 3.56. The first kappa shape index (κ1) is 27.1. The molecule has 192 valence electrons. The molecule has 0 heterocycles. The highest BCUT2D eigenvalue weighted by Crippen LogP contribution is 2.32. The highest BCUT2D eigenvalue weighted by atomic mass is 32.2. The van der Waals surface area contributed by atoms with Gasteiger partial charge in [-0.15, -0.1) is 0 Å². The number of ether oxygens (including phenoxy) is 2. The Morgan fingerprint density at radius 1 is 0.889 bits per heavy atom. The Balaban J connectivity index is 1.69. The molecule has 3 aromatic rings. The summed E-state index contributed by atoms with van der Waals surface area (Å²) in [5.74, 6) is 0.637. The molecule has 0 aliphatic heterocycles. The Kier molecular flexibility index (Phi) is 8.98. The first-order valence-corrected chi connectivity index (χ1v) is 13.4. The summed E-state index contributed by atoms with van der Waals surface area (Å²) in [7, 11) is -4.02. The van der Waals surface area contributed by atoms with Gasteiger partial charge in [0.15, 0.2) is 0 Å². The number of hydrogen-bond donors (Lipinski definition) is 1. The zero-order valence-electron chi connectivity index (χ0n) is 21.2. The number of benzene rings is 3. The third-order valence-corrected chi connectivity index (χ3v) is 7.24. The molecule has 0 atom stereocenters. The minimum absolute atomic E-state index is 0.0548. The molecule has 0 saturated heterocycles. The average molecular weight is 511 g/mol. The summed E-state index contributed by atoms with van der Waals surface area (Å²) in [4.78, 5) is 12.9. The summed E-state index contributed by atoms with van der Waals surface area (Å²) >= 11 is 0. The van der Waals surface area contributed by atoms with Gasteiger partial charge in [0.25, 0.3) is 10.0 Å². The summed E-state index contributed by atoms with van der Waals surface area (Å²) in [6.07, 6.45) is 0. The predicted octanol–water partition coefficient (Wildman–Crippen LogP) is 4.77. The van der Waals surface area contributed by atoms with E-state index in [0.29, 0.717) is 23.8 Å². The molecule has 0 fully saturated rings. The van der Waals surface area contributed by atoms with Crippen molar-refractivity contribution in [3.8, 4) is 11.5 Å². The molecule has 3 rings (SSSR count). The maximum atomic E-state index is 13.5. The average Bonchev–Trinajstić information content (AvgIpc) is 2.86. The van der Waals surface area contributed by atoms with Crippen LogP contribution in [0.2, 0.25) is 0 Å². The Morgan fingerprint density at radius 3 is 2.17 bits per heavy atom. The summed E-state index contributed by atoms with van der Waals surface area (Å²) in [5, 5.41) is 2.75. The monoisotopic (exact) mass is 510 g/mol. The van der Waals surface area contributed by atoms with E-state index in [9.17, 15) is 13.2 Å². The first-order chi connectivity index (χ1) is 17.1. The Bertz CT molecular complexity index is 1240. The van der Waals surface area contributed by atoms with Gasteiger partial charge in [0.05, 0.1) is 23.7 Å². The van der Waals surface area contributed by atoms with Crippen LogP contribution in [-0.4, -0.2) is 40.6 Å². The van der Waals surface area contributed by atoms with E-state index < -0.39 is 22.5 Å². The summed E-state index contributed by atoms with van der Waals surface area (Å²) in [6, 6.07) is 22.7. The lowest BCUT2D eigenvalue weighted by Gasteiger charge is -2.26. The van der Waals surface area contributed by atoms with Crippen LogP contribution in [0.15, 0.2) is 83.8 Å². The van der Waals surface area contributed by atoms with Crippen LogP contribution in [0.25, 0.3) is 0 Å². The number of para-hydroxylation sites is 2. The van der Waals surface area contributed by atoms with Gasteiger partial charge in [0.2, 0.25) is 5.91 Å². The van der Waals surface area contributed by atoms with Crippen LogP contribution >= 0.6 is 0 Å². The van der Waals surface area contributed by atoms with Crippen molar-refractivity contribution >= 4 is 21.6 Å². The van der Waals surface area contributed by atoms with Crippen molar-refractivity contribution < 1.29 is 22.7 Å². The van der Waals surface area contributed by atoms with Gasteiger partial charge in [-0.1, -0.05) is 63.2 Å². The predicted molar refractivity (Wildman–Crippen MR) is 142 cm³/mol. The van der Waals surface area contributed by atoms with E-state index in [0.717, 1.165) is 4.31 Å². The molecule has 0 saturated carbocycles. The molecule has 36 heavy (non-hydrogen) atoms.